The maximum absolute atomic E-state index is 8.47. The Morgan fingerprint density at radius 2 is 1.86 bits per heavy atom. The largest absolute Gasteiger partial charge is 0.396 e. The number of aliphatic hydroxyl groups excluding tert-OH is 2. The lowest BCUT2D eigenvalue weighted by molar-refractivity contribution is 0.191. The smallest absolute Gasteiger partial charge is 0.123 e. The fourth-order valence-corrected chi connectivity index (χ4v) is 0.453. The van der Waals surface area contributed by atoms with Crippen LogP contribution in [0.3, 0.4) is 0 Å². The first-order valence-electron chi connectivity index (χ1n) is 2.39. The molecule has 1 saturated heterocycles. The van der Waals surface area contributed by atoms with E-state index in [-0.39, 0.29) is 18.5 Å². The van der Waals surface area contributed by atoms with Crippen molar-refractivity contribution in [1.82, 2.24) is 0 Å². The Balaban J connectivity index is 2.28. The van der Waals surface area contributed by atoms with Crippen molar-refractivity contribution < 1.29 is 10.2 Å². The van der Waals surface area contributed by atoms with Crippen LogP contribution in [0.4, 0.5) is 0 Å². The molecule has 0 amide bonds. The monoisotopic (exact) mass is 99.1 g/mol. The highest BCUT2D eigenvalue weighted by Gasteiger charge is 2.42. The number of hydrogen-bond acceptors (Lipinski definition) is 2. The summed E-state index contributed by atoms with van der Waals surface area (Å²) < 4.78 is 0. The molecule has 0 aromatic rings. The Morgan fingerprint density at radius 1 is 1.43 bits per heavy atom. The Hall–Kier alpha value is -0.0151. The SMILES string of the molecule is OCC1(CO)[B]C1. The van der Waals surface area contributed by atoms with E-state index in [1.807, 2.05) is 7.28 Å². The Kier molecular flexibility index (Phi) is 1.09. The first-order chi connectivity index (χ1) is 3.33. The minimum atomic E-state index is -0.181. The molecule has 1 radical (unpaired) electrons. The highest BCUT2D eigenvalue weighted by molar-refractivity contribution is 6.54. The van der Waals surface area contributed by atoms with E-state index in [1.165, 1.54) is 0 Å². The van der Waals surface area contributed by atoms with Crippen molar-refractivity contribution in [2.24, 2.45) is 0 Å². The van der Waals surface area contributed by atoms with Gasteiger partial charge in [-0.3, -0.25) is 0 Å². The highest BCUT2D eigenvalue weighted by atomic mass is 16.3. The topological polar surface area (TPSA) is 40.5 Å². The zero-order valence-corrected chi connectivity index (χ0v) is 4.09. The average molecular weight is 98.9 g/mol. The van der Waals surface area contributed by atoms with Crippen LogP contribution in [-0.4, -0.2) is 30.7 Å². The van der Waals surface area contributed by atoms with Crippen LogP contribution < -0.4 is 0 Å². The quantitative estimate of drug-likeness (QED) is 0.448. The van der Waals surface area contributed by atoms with Gasteiger partial charge >= 0.3 is 0 Å². The van der Waals surface area contributed by atoms with Gasteiger partial charge in [-0.15, -0.1) is 0 Å². The highest BCUT2D eigenvalue weighted by Crippen LogP contribution is 2.44. The van der Waals surface area contributed by atoms with Crippen LogP contribution in [-0.2, 0) is 0 Å². The Morgan fingerprint density at radius 3 is 1.86 bits per heavy atom. The normalized spacial score (nSPS) is 23.7. The lowest BCUT2D eigenvalue weighted by atomic mass is 9.89. The predicted molar refractivity (Wildman–Crippen MR) is 27.4 cm³/mol. The summed E-state index contributed by atoms with van der Waals surface area (Å²) in [5.41, 5.74) is 0. The van der Waals surface area contributed by atoms with Gasteiger partial charge in [0.05, 0.1) is 0 Å². The second-order valence-electron chi connectivity index (χ2n) is 2.09. The summed E-state index contributed by atoms with van der Waals surface area (Å²) in [4.78, 5) is 0. The second kappa shape index (κ2) is 1.49. The van der Waals surface area contributed by atoms with Crippen LogP contribution in [0.2, 0.25) is 11.6 Å². The molecule has 1 fully saturated rings. The molecule has 0 spiro atoms. The van der Waals surface area contributed by atoms with Crippen molar-refractivity contribution in [3.63, 3.8) is 0 Å². The van der Waals surface area contributed by atoms with Crippen LogP contribution >= 0.6 is 0 Å². The van der Waals surface area contributed by atoms with Crippen molar-refractivity contribution in [3.05, 3.63) is 0 Å². The minimum absolute atomic E-state index is 0.101. The van der Waals surface area contributed by atoms with E-state index in [1.54, 1.807) is 0 Å². The molecule has 0 saturated carbocycles. The van der Waals surface area contributed by atoms with E-state index in [4.69, 9.17) is 10.2 Å². The molecule has 1 aliphatic heterocycles. The van der Waals surface area contributed by atoms with Crippen molar-refractivity contribution in [3.8, 4) is 0 Å². The predicted octanol–water partition coefficient (Wildman–Crippen LogP) is -0.734. The first kappa shape index (κ1) is 5.13. The maximum Gasteiger partial charge on any atom is 0.123 e. The van der Waals surface area contributed by atoms with Crippen molar-refractivity contribution in [2.45, 2.75) is 11.6 Å². The third kappa shape index (κ3) is 0.788. The van der Waals surface area contributed by atoms with Crippen molar-refractivity contribution in [1.29, 1.82) is 0 Å². The van der Waals surface area contributed by atoms with Crippen LogP contribution in [0.1, 0.15) is 0 Å². The van der Waals surface area contributed by atoms with Gasteiger partial charge in [0.25, 0.3) is 0 Å². The molecule has 0 bridgehead atoms. The van der Waals surface area contributed by atoms with E-state index in [0.717, 1.165) is 6.32 Å². The van der Waals surface area contributed by atoms with Gasteiger partial charge < -0.3 is 10.2 Å². The van der Waals surface area contributed by atoms with Gasteiger partial charge in [0.2, 0.25) is 0 Å². The van der Waals surface area contributed by atoms with Gasteiger partial charge in [-0.1, -0.05) is 6.32 Å². The molecule has 0 aromatic heterocycles. The molecule has 2 N–H and O–H groups in total. The van der Waals surface area contributed by atoms with E-state index in [2.05, 4.69) is 0 Å². The van der Waals surface area contributed by atoms with Crippen LogP contribution in [0, 0.1) is 0 Å². The Labute approximate surface area is 43.4 Å². The van der Waals surface area contributed by atoms with Gasteiger partial charge in [0.1, 0.15) is 7.28 Å². The zero-order valence-electron chi connectivity index (χ0n) is 4.09. The molecule has 3 heteroatoms. The molecule has 0 unspecified atom stereocenters. The van der Waals surface area contributed by atoms with Gasteiger partial charge in [-0.25, -0.2) is 0 Å². The summed E-state index contributed by atoms with van der Waals surface area (Å²) >= 11 is 0. The summed E-state index contributed by atoms with van der Waals surface area (Å²) in [5.74, 6) is 0. The molecule has 1 aliphatic rings. The van der Waals surface area contributed by atoms with Gasteiger partial charge in [-0.05, 0) is 5.31 Å². The molecule has 1 heterocycles. The molecule has 0 aliphatic carbocycles. The molecular formula is C4H8BO2. The fourth-order valence-electron chi connectivity index (χ4n) is 0.453. The second-order valence-corrected chi connectivity index (χ2v) is 2.09. The summed E-state index contributed by atoms with van der Waals surface area (Å²) in [5, 5.41) is 16.8. The van der Waals surface area contributed by atoms with E-state index in [9.17, 15) is 0 Å². The molecule has 1 rings (SSSR count). The van der Waals surface area contributed by atoms with Gasteiger partial charge in [0.15, 0.2) is 0 Å². The molecule has 2 nitrogen and oxygen atoms in total. The van der Waals surface area contributed by atoms with Crippen LogP contribution in [0.15, 0.2) is 0 Å². The summed E-state index contributed by atoms with van der Waals surface area (Å²) in [7, 11) is 1.92. The third-order valence-electron chi connectivity index (χ3n) is 1.41. The lowest BCUT2D eigenvalue weighted by Crippen LogP contribution is -2.05. The van der Waals surface area contributed by atoms with E-state index in [0.29, 0.717) is 0 Å². The van der Waals surface area contributed by atoms with Crippen molar-refractivity contribution in [2.75, 3.05) is 13.2 Å². The molecule has 7 heavy (non-hydrogen) atoms. The maximum atomic E-state index is 8.47. The number of rotatable bonds is 2. The number of aliphatic hydroxyl groups is 2. The Bertz CT molecular complexity index is 64.1. The average Bonchev–Trinajstić information content (AvgIpc) is 2.46. The molecule has 39 valence electrons. The van der Waals surface area contributed by atoms with Gasteiger partial charge in [0, 0.05) is 13.2 Å². The summed E-state index contributed by atoms with van der Waals surface area (Å²) in [6, 6.07) is 0. The standard InChI is InChI=1S/C4H8BO2/c6-2-4(3-7)1-5-4/h6-7H,1-3H2. The van der Waals surface area contributed by atoms with Crippen molar-refractivity contribution >= 4 is 7.28 Å². The fraction of sp³-hybridized carbons (Fsp3) is 1.00. The van der Waals surface area contributed by atoms with Gasteiger partial charge in [-0.2, -0.15) is 0 Å². The summed E-state index contributed by atoms with van der Waals surface area (Å²) in [6.07, 6.45) is 0.875. The van der Waals surface area contributed by atoms with Crippen LogP contribution in [0.25, 0.3) is 0 Å². The van der Waals surface area contributed by atoms with Crippen LogP contribution in [0.5, 0.6) is 0 Å². The molecular weight excluding hydrogens is 90.9 g/mol. The lowest BCUT2D eigenvalue weighted by Gasteiger charge is -2.04. The minimum Gasteiger partial charge on any atom is -0.396 e. The first-order valence-corrected chi connectivity index (χ1v) is 2.39. The molecule has 0 atom stereocenters. The zero-order chi connectivity index (χ0) is 5.33. The number of hydrogen-bond donors (Lipinski definition) is 2. The third-order valence-corrected chi connectivity index (χ3v) is 1.41. The summed E-state index contributed by atoms with van der Waals surface area (Å²) in [6.45, 7) is 0.201. The van der Waals surface area contributed by atoms with E-state index >= 15 is 0 Å². The van der Waals surface area contributed by atoms with E-state index < -0.39 is 0 Å². The molecule has 0 aromatic carbocycles.